The molecule has 0 N–H and O–H groups in total. The van der Waals surface area contributed by atoms with Gasteiger partial charge in [0.15, 0.2) is 0 Å². The normalized spacial score (nSPS) is 14.7. The molecule has 0 saturated heterocycles. The Morgan fingerprint density at radius 2 is 1.11 bits per heavy atom. The van der Waals surface area contributed by atoms with Crippen molar-refractivity contribution in [3.8, 4) is 12.1 Å². The minimum atomic E-state index is -0.189. The molecule has 0 fully saturated rings. The highest BCUT2D eigenvalue weighted by Gasteiger charge is 2.46. The van der Waals surface area contributed by atoms with Gasteiger partial charge in [-0.05, 0) is 46.3 Å². The van der Waals surface area contributed by atoms with Gasteiger partial charge in [-0.25, -0.2) is 0 Å². The van der Waals surface area contributed by atoms with Gasteiger partial charge >= 0.3 is 6.85 Å². The number of benzene rings is 4. The van der Waals surface area contributed by atoms with Crippen molar-refractivity contribution in [3.05, 3.63) is 107 Å². The summed E-state index contributed by atoms with van der Waals surface area (Å²) in [6.07, 6.45) is 0. The second kappa shape index (κ2) is 7.52. The van der Waals surface area contributed by atoms with Crippen molar-refractivity contribution in [2.45, 2.75) is 19.3 Å². The molecule has 4 aromatic carbocycles. The van der Waals surface area contributed by atoms with E-state index < -0.39 is 0 Å². The van der Waals surface area contributed by atoms with Crippen LogP contribution in [0.2, 0.25) is 0 Å². The molecule has 0 saturated carbocycles. The highest BCUT2D eigenvalue weighted by molar-refractivity contribution is 6.90. The summed E-state index contributed by atoms with van der Waals surface area (Å²) in [5.74, 6) is 0. The number of para-hydroxylation sites is 2. The van der Waals surface area contributed by atoms with Gasteiger partial charge in [0.25, 0.3) is 0 Å². The molecule has 4 aromatic rings. The van der Waals surface area contributed by atoms with Gasteiger partial charge in [-0.3, -0.25) is 0 Å². The van der Waals surface area contributed by atoms with Gasteiger partial charge in [0.2, 0.25) is 0 Å². The lowest BCUT2D eigenvalue weighted by atomic mass is 9.40. The largest absolute Gasteiger partial charge is 0.371 e. The van der Waals surface area contributed by atoms with Gasteiger partial charge in [-0.1, -0.05) is 74.5 Å². The van der Waals surface area contributed by atoms with Crippen LogP contribution in [0.15, 0.2) is 84.9 Å². The number of rotatable bonds is 1. The average molecular weight is 450 g/mol. The van der Waals surface area contributed by atoms with Crippen LogP contribution in [0.4, 0.5) is 22.7 Å². The van der Waals surface area contributed by atoms with Crippen LogP contribution >= 0.6 is 0 Å². The summed E-state index contributed by atoms with van der Waals surface area (Å²) in [6.45, 7) is 4.35. The predicted octanol–water partition coefficient (Wildman–Crippen LogP) is 5.09. The van der Waals surface area contributed by atoms with Crippen LogP contribution in [0.5, 0.6) is 0 Å². The molecule has 2 aliphatic heterocycles. The van der Waals surface area contributed by atoms with E-state index in [1.54, 1.807) is 0 Å². The van der Waals surface area contributed by atoms with E-state index in [1.807, 2.05) is 31.3 Å². The lowest BCUT2D eigenvalue weighted by molar-refractivity contribution is 0.645. The summed E-state index contributed by atoms with van der Waals surface area (Å²) < 4.78 is 0. The van der Waals surface area contributed by atoms with Crippen LogP contribution in [0.25, 0.3) is 0 Å². The van der Waals surface area contributed by atoms with Crippen molar-refractivity contribution in [1.82, 2.24) is 0 Å². The Kier molecular flexibility index (Phi) is 4.53. The van der Waals surface area contributed by atoms with Crippen molar-refractivity contribution in [1.29, 1.82) is 10.5 Å². The summed E-state index contributed by atoms with van der Waals surface area (Å²) >= 11 is 0. The second-order valence-corrected chi connectivity index (χ2v) is 9.70. The van der Waals surface area contributed by atoms with Gasteiger partial charge in [-0.15, -0.1) is 0 Å². The molecule has 2 aliphatic rings. The predicted molar refractivity (Wildman–Crippen MR) is 143 cm³/mol. The number of nitriles is 2. The molecular formula is C30H23BN4. The molecule has 0 bridgehead atoms. The number of nitrogens with zero attached hydrogens (tertiary/aromatic N) is 4. The summed E-state index contributed by atoms with van der Waals surface area (Å²) in [5.41, 5.74) is 9.48. The smallest absolute Gasteiger partial charge is 0.328 e. The molecule has 0 amide bonds. The lowest BCUT2D eigenvalue weighted by Crippen LogP contribution is -2.63. The van der Waals surface area contributed by atoms with Crippen molar-refractivity contribution in [3.63, 3.8) is 0 Å². The van der Waals surface area contributed by atoms with E-state index in [-0.39, 0.29) is 12.3 Å². The second-order valence-electron chi connectivity index (χ2n) is 9.70. The van der Waals surface area contributed by atoms with Crippen LogP contribution in [-0.4, -0.2) is 13.9 Å². The maximum atomic E-state index is 10.2. The Balaban J connectivity index is 1.77. The third kappa shape index (κ3) is 2.79. The molecule has 0 atom stereocenters. The molecule has 0 radical (unpaired) electrons. The maximum absolute atomic E-state index is 10.2. The maximum Gasteiger partial charge on any atom is 0.328 e. The number of fused-ring (bicyclic) bond motifs is 4. The summed E-state index contributed by atoms with van der Waals surface area (Å²) in [6, 6.07) is 33.7. The first-order chi connectivity index (χ1) is 17.0. The molecular weight excluding hydrogens is 427 g/mol. The molecule has 0 aliphatic carbocycles. The number of hydrogen-bond donors (Lipinski definition) is 0. The van der Waals surface area contributed by atoms with E-state index in [9.17, 15) is 10.5 Å². The Bertz CT molecular complexity index is 1480. The summed E-state index contributed by atoms with van der Waals surface area (Å²) in [4.78, 5) is 4.34. The number of hydrogen-bond acceptors (Lipinski definition) is 4. The Morgan fingerprint density at radius 1 is 0.657 bits per heavy atom. The highest BCUT2D eigenvalue weighted by atomic mass is 15.2. The zero-order valence-electron chi connectivity index (χ0n) is 19.9. The van der Waals surface area contributed by atoms with Crippen molar-refractivity contribution in [2.75, 3.05) is 16.8 Å². The minimum absolute atomic E-state index is 0.175. The minimum Gasteiger partial charge on any atom is -0.371 e. The van der Waals surface area contributed by atoms with Gasteiger partial charge in [-0.2, -0.15) is 10.5 Å². The van der Waals surface area contributed by atoms with E-state index in [1.165, 1.54) is 22.1 Å². The Labute approximate surface area is 206 Å². The Morgan fingerprint density at radius 3 is 1.57 bits per heavy atom. The summed E-state index contributed by atoms with van der Waals surface area (Å²) in [7, 11) is 2.00. The van der Waals surface area contributed by atoms with Gasteiger partial charge in [0.05, 0.1) is 33.9 Å². The van der Waals surface area contributed by atoms with E-state index in [2.05, 4.69) is 96.4 Å². The molecule has 35 heavy (non-hydrogen) atoms. The van der Waals surface area contributed by atoms with E-state index in [4.69, 9.17) is 0 Å². The zero-order chi connectivity index (χ0) is 24.3. The third-order valence-corrected chi connectivity index (χ3v) is 7.59. The standard InChI is InChI=1S/C30H23BN4/c1-30(2)22-12-4-6-14-24(22)31(25-15-7-5-13-23(25)30)35-28-20(18-32)10-8-16-26(28)34(3)27-17-9-11-21(19-33)29(27)35/h4-17H,1-3H3. The quantitative estimate of drug-likeness (QED) is 0.379. The molecule has 166 valence electrons. The van der Waals surface area contributed by atoms with Gasteiger partial charge in [0.1, 0.15) is 12.1 Å². The van der Waals surface area contributed by atoms with E-state index in [0.29, 0.717) is 11.1 Å². The molecule has 0 aromatic heterocycles. The topological polar surface area (TPSA) is 54.1 Å². The molecule has 6 rings (SSSR count). The van der Waals surface area contributed by atoms with Crippen molar-refractivity contribution >= 4 is 40.5 Å². The fourth-order valence-electron chi connectivity index (χ4n) is 5.99. The van der Waals surface area contributed by atoms with Crippen molar-refractivity contribution in [2.24, 2.45) is 0 Å². The monoisotopic (exact) mass is 450 g/mol. The van der Waals surface area contributed by atoms with E-state index >= 15 is 0 Å². The van der Waals surface area contributed by atoms with Crippen LogP contribution in [0, 0.1) is 22.7 Å². The zero-order valence-corrected chi connectivity index (χ0v) is 19.9. The van der Waals surface area contributed by atoms with Gasteiger partial charge < -0.3 is 9.71 Å². The highest BCUT2D eigenvalue weighted by Crippen LogP contribution is 2.51. The first kappa shape index (κ1) is 21.1. The lowest BCUT2D eigenvalue weighted by Gasteiger charge is -2.47. The van der Waals surface area contributed by atoms with Crippen LogP contribution in [0.1, 0.15) is 36.1 Å². The fraction of sp³-hybridized carbons (Fsp3) is 0.133. The van der Waals surface area contributed by atoms with Crippen LogP contribution < -0.4 is 20.6 Å². The molecule has 2 heterocycles. The first-order valence-corrected chi connectivity index (χ1v) is 11.8. The van der Waals surface area contributed by atoms with Gasteiger partial charge in [0, 0.05) is 12.5 Å². The SMILES string of the molecule is CN1c2cccc(C#N)c2N(B2c3ccccc3C(C)(C)c3ccccc32)c2c(C#N)cccc21. The average Bonchev–Trinajstić information content (AvgIpc) is 2.90. The summed E-state index contributed by atoms with van der Waals surface area (Å²) in [5, 5.41) is 20.4. The van der Waals surface area contributed by atoms with E-state index in [0.717, 1.165) is 22.7 Å². The molecule has 5 heteroatoms. The van der Waals surface area contributed by atoms with Crippen molar-refractivity contribution < 1.29 is 0 Å². The number of anilines is 4. The fourth-order valence-corrected chi connectivity index (χ4v) is 5.99. The third-order valence-electron chi connectivity index (χ3n) is 7.59. The van der Waals surface area contributed by atoms with Crippen LogP contribution in [-0.2, 0) is 5.41 Å². The van der Waals surface area contributed by atoms with Crippen LogP contribution in [0.3, 0.4) is 0 Å². The molecule has 0 unspecified atom stereocenters. The first-order valence-electron chi connectivity index (χ1n) is 11.8. The Hall–Kier alpha value is -4.48. The molecule has 4 nitrogen and oxygen atoms in total. The molecule has 0 spiro atoms.